The highest BCUT2D eigenvalue weighted by atomic mass is 32.2. The number of rotatable bonds is 5. The van der Waals surface area contributed by atoms with E-state index in [0.717, 1.165) is 29.7 Å². The predicted octanol–water partition coefficient (Wildman–Crippen LogP) is 3.21. The number of aromatic amines is 1. The number of piperidine rings is 1. The molecule has 7 nitrogen and oxygen atoms in total. The first-order chi connectivity index (χ1) is 14.1. The molecular formula is C21H21N5O2S. The molecule has 2 N–H and O–H groups in total. The highest BCUT2D eigenvalue weighted by Crippen LogP contribution is 2.25. The van der Waals surface area contributed by atoms with Crippen LogP contribution in [0.5, 0.6) is 0 Å². The molecule has 2 aromatic carbocycles. The Kier molecular flexibility index (Phi) is 5.34. The summed E-state index contributed by atoms with van der Waals surface area (Å²) in [6.07, 6.45) is 4.93. The van der Waals surface area contributed by atoms with Gasteiger partial charge >= 0.3 is 0 Å². The molecule has 0 amide bonds. The maximum Gasteiger partial charge on any atom is 0.243 e. The number of sulfonamides is 1. The van der Waals surface area contributed by atoms with E-state index in [0.29, 0.717) is 23.5 Å². The zero-order valence-corrected chi connectivity index (χ0v) is 16.6. The molecule has 8 heteroatoms. The summed E-state index contributed by atoms with van der Waals surface area (Å²) in [5, 5.41) is 19.0. The molecule has 1 saturated heterocycles. The van der Waals surface area contributed by atoms with E-state index in [4.69, 9.17) is 5.26 Å². The first-order valence-corrected chi connectivity index (χ1v) is 10.9. The minimum Gasteiger partial charge on any atom is -0.382 e. The van der Waals surface area contributed by atoms with Gasteiger partial charge in [0.2, 0.25) is 10.0 Å². The molecule has 148 valence electrons. The Morgan fingerprint density at radius 2 is 1.72 bits per heavy atom. The number of nitriles is 1. The van der Waals surface area contributed by atoms with Gasteiger partial charge in [-0.2, -0.15) is 14.7 Å². The molecule has 0 bridgehead atoms. The van der Waals surface area contributed by atoms with Crippen LogP contribution in [-0.2, 0) is 10.0 Å². The van der Waals surface area contributed by atoms with Crippen LogP contribution in [0.25, 0.3) is 11.1 Å². The van der Waals surface area contributed by atoms with Crippen molar-refractivity contribution in [2.75, 3.05) is 18.4 Å². The topological polar surface area (TPSA) is 102 Å². The summed E-state index contributed by atoms with van der Waals surface area (Å²) in [5.74, 6) is 0. The van der Waals surface area contributed by atoms with Crippen LogP contribution < -0.4 is 5.32 Å². The molecule has 0 spiro atoms. The minimum absolute atomic E-state index is 0.206. The van der Waals surface area contributed by atoms with Gasteiger partial charge in [0.15, 0.2) is 0 Å². The Morgan fingerprint density at radius 3 is 2.31 bits per heavy atom. The van der Waals surface area contributed by atoms with Crippen LogP contribution in [0.1, 0.15) is 18.4 Å². The number of hydrogen-bond donors (Lipinski definition) is 2. The van der Waals surface area contributed by atoms with Gasteiger partial charge < -0.3 is 5.32 Å². The van der Waals surface area contributed by atoms with E-state index in [9.17, 15) is 8.42 Å². The van der Waals surface area contributed by atoms with E-state index in [2.05, 4.69) is 21.6 Å². The van der Waals surface area contributed by atoms with Crippen molar-refractivity contribution < 1.29 is 8.42 Å². The van der Waals surface area contributed by atoms with Gasteiger partial charge in [-0.05, 0) is 54.8 Å². The number of anilines is 1. The van der Waals surface area contributed by atoms with Crippen molar-refractivity contribution in [3.05, 3.63) is 66.5 Å². The summed E-state index contributed by atoms with van der Waals surface area (Å²) < 4.78 is 27.5. The van der Waals surface area contributed by atoms with Crippen molar-refractivity contribution in [1.82, 2.24) is 14.5 Å². The first-order valence-electron chi connectivity index (χ1n) is 9.42. The molecule has 1 aliphatic rings. The maximum atomic E-state index is 13.0. The summed E-state index contributed by atoms with van der Waals surface area (Å²) in [6.45, 7) is 0.944. The fourth-order valence-electron chi connectivity index (χ4n) is 3.49. The van der Waals surface area contributed by atoms with E-state index < -0.39 is 10.0 Å². The Balaban J connectivity index is 1.38. The van der Waals surface area contributed by atoms with Crippen molar-refractivity contribution in [1.29, 1.82) is 5.26 Å². The molecule has 4 rings (SSSR count). The zero-order chi connectivity index (χ0) is 20.3. The lowest BCUT2D eigenvalue weighted by atomic mass is 10.1. The lowest BCUT2D eigenvalue weighted by Crippen LogP contribution is -2.42. The van der Waals surface area contributed by atoms with Crippen LogP contribution in [0.4, 0.5) is 5.69 Å². The van der Waals surface area contributed by atoms with E-state index in [-0.39, 0.29) is 6.04 Å². The van der Waals surface area contributed by atoms with Crippen LogP contribution >= 0.6 is 0 Å². The Labute approximate surface area is 170 Å². The van der Waals surface area contributed by atoms with Gasteiger partial charge in [0.1, 0.15) is 0 Å². The van der Waals surface area contributed by atoms with Gasteiger partial charge in [0.05, 0.1) is 22.7 Å². The third kappa shape index (κ3) is 4.16. The molecule has 29 heavy (non-hydrogen) atoms. The summed E-state index contributed by atoms with van der Waals surface area (Å²) >= 11 is 0. The minimum atomic E-state index is -3.51. The molecule has 3 aromatic rings. The van der Waals surface area contributed by atoms with Crippen molar-refractivity contribution >= 4 is 15.7 Å². The van der Waals surface area contributed by atoms with Crippen LogP contribution in [0.15, 0.2) is 65.8 Å². The smallest absolute Gasteiger partial charge is 0.243 e. The monoisotopic (exact) mass is 407 g/mol. The molecule has 1 fully saturated rings. The second kappa shape index (κ2) is 8.07. The van der Waals surface area contributed by atoms with Gasteiger partial charge in [-0.1, -0.05) is 12.1 Å². The summed E-state index contributed by atoms with van der Waals surface area (Å²) in [5.41, 5.74) is 3.40. The lowest BCUT2D eigenvalue weighted by Gasteiger charge is -2.32. The Morgan fingerprint density at radius 1 is 1.03 bits per heavy atom. The number of nitrogens with one attached hydrogen (secondary N) is 2. The third-order valence-electron chi connectivity index (χ3n) is 5.16. The SMILES string of the molecule is N#Cc1ccc(NC2CCN(S(=O)(=O)c3ccc(-c4cn[nH]c4)cc3)CC2)cc1. The van der Waals surface area contributed by atoms with Gasteiger partial charge in [0.25, 0.3) is 0 Å². The number of aromatic nitrogens is 2. The fraction of sp³-hybridized carbons (Fsp3) is 0.238. The second-order valence-electron chi connectivity index (χ2n) is 7.02. The van der Waals surface area contributed by atoms with E-state index in [1.807, 2.05) is 12.1 Å². The average Bonchev–Trinajstić information content (AvgIpc) is 3.30. The Bertz CT molecular complexity index is 1090. The fourth-order valence-corrected chi connectivity index (χ4v) is 4.96. The molecule has 1 aliphatic heterocycles. The molecule has 0 unspecified atom stereocenters. The summed E-state index contributed by atoms with van der Waals surface area (Å²) in [6, 6.07) is 16.5. The number of hydrogen-bond acceptors (Lipinski definition) is 5. The van der Waals surface area contributed by atoms with Crippen LogP contribution in [0, 0.1) is 11.3 Å². The molecule has 1 aromatic heterocycles. The maximum absolute atomic E-state index is 13.0. The molecule has 0 radical (unpaired) electrons. The van der Waals surface area contributed by atoms with Crippen LogP contribution in [-0.4, -0.2) is 42.1 Å². The third-order valence-corrected chi connectivity index (χ3v) is 7.08. The van der Waals surface area contributed by atoms with Crippen molar-refractivity contribution in [2.45, 2.75) is 23.8 Å². The van der Waals surface area contributed by atoms with Crippen molar-refractivity contribution in [2.24, 2.45) is 0 Å². The molecule has 0 saturated carbocycles. The Hall–Kier alpha value is -3.15. The highest BCUT2D eigenvalue weighted by Gasteiger charge is 2.29. The van der Waals surface area contributed by atoms with Crippen LogP contribution in [0.3, 0.4) is 0 Å². The second-order valence-corrected chi connectivity index (χ2v) is 8.96. The normalized spacial score (nSPS) is 15.7. The van der Waals surface area contributed by atoms with Crippen molar-refractivity contribution in [3.63, 3.8) is 0 Å². The lowest BCUT2D eigenvalue weighted by molar-refractivity contribution is 0.330. The van der Waals surface area contributed by atoms with E-state index in [1.165, 1.54) is 0 Å². The van der Waals surface area contributed by atoms with Gasteiger partial charge in [0, 0.05) is 36.6 Å². The van der Waals surface area contributed by atoms with E-state index >= 15 is 0 Å². The highest BCUT2D eigenvalue weighted by molar-refractivity contribution is 7.89. The zero-order valence-electron chi connectivity index (χ0n) is 15.7. The van der Waals surface area contributed by atoms with Gasteiger partial charge in [-0.25, -0.2) is 8.42 Å². The summed E-state index contributed by atoms with van der Waals surface area (Å²) in [7, 11) is -3.51. The van der Waals surface area contributed by atoms with E-state index in [1.54, 1.807) is 53.1 Å². The quantitative estimate of drug-likeness (QED) is 0.676. The van der Waals surface area contributed by atoms with Crippen molar-refractivity contribution in [3.8, 4) is 17.2 Å². The largest absolute Gasteiger partial charge is 0.382 e. The van der Waals surface area contributed by atoms with Gasteiger partial charge in [-0.3, -0.25) is 5.10 Å². The standard InChI is InChI=1S/C21H21N5O2S/c22-13-16-1-5-19(6-2-16)25-20-9-11-26(12-10-20)29(27,28)21-7-3-17(4-8-21)18-14-23-24-15-18/h1-8,14-15,20,25H,9-12H2,(H,23,24). The number of benzene rings is 2. The predicted molar refractivity (Wildman–Crippen MR) is 111 cm³/mol. The molecule has 2 heterocycles. The number of H-pyrrole nitrogens is 1. The molecule has 0 atom stereocenters. The first kappa shape index (κ1) is 19.2. The molecule has 0 aliphatic carbocycles. The number of nitrogens with zero attached hydrogens (tertiary/aromatic N) is 3. The molecular weight excluding hydrogens is 386 g/mol. The average molecular weight is 407 g/mol. The van der Waals surface area contributed by atoms with Gasteiger partial charge in [-0.15, -0.1) is 0 Å². The summed E-state index contributed by atoms with van der Waals surface area (Å²) in [4.78, 5) is 0.309. The van der Waals surface area contributed by atoms with Crippen LogP contribution in [0.2, 0.25) is 0 Å².